The average Bonchev–Trinajstić information content (AvgIpc) is 3.84. The molecule has 0 unspecified atom stereocenters. The predicted molar refractivity (Wildman–Crippen MR) is 275 cm³/mol. The normalized spacial score (nSPS) is 22.4. The number of piperazine rings is 1. The number of methoxy groups -OCH3 is 1. The molecule has 0 aliphatic carbocycles. The molecule has 4 aliphatic rings. The molecule has 0 radical (unpaired) electrons. The Morgan fingerprint density at radius 1 is 0.893 bits per heavy atom. The van der Waals surface area contributed by atoms with Crippen LogP contribution in [-0.4, -0.2) is 159 Å². The maximum absolute atomic E-state index is 14.3. The third-order valence-electron chi connectivity index (χ3n) is 13.5. The molecule has 7 aromatic rings. The number of ether oxygens (including phenoxy) is 7. The van der Waals surface area contributed by atoms with Gasteiger partial charge in [0.25, 0.3) is 0 Å². The number of aromatic nitrogens is 4. The Hall–Kier alpha value is -6.59. The first-order valence-corrected chi connectivity index (χ1v) is 25.5. The number of hydrogen-bond donors (Lipinski definition) is 4. The molecule has 392 valence electrons. The largest absolute Gasteiger partial charge is 0.491 e. The Labute approximate surface area is 439 Å². The predicted octanol–water partition coefficient (Wildman–Crippen LogP) is 6.46. The molecule has 4 aromatic carbocycles. The quantitative estimate of drug-likeness (QED) is 0.103. The number of fused-ring (bicyclic) bond motifs is 7. The van der Waals surface area contributed by atoms with Crippen molar-refractivity contribution in [2.75, 3.05) is 60.1 Å². The summed E-state index contributed by atoms with van der Waals surface area (Å²) in [5.41, 5.74) is 4.39. The van der Waals surface area contributed by atoms with Gasteiger partial charge in [0.15, 0.2) is 12.1 Å². The summed E-state index contributed by atoms with van der Waals surface area (Å²) in [4.78, 5) is 37.6. The van der Waals surface area contributed by atoms with Crippen molar-refractivity contribution in [2.45, 2.75) is 62.9 Å². The molecule has 75 heavy (non-hydrogen) atoms. The number of benzene rings is 4. The minimum absolute atomic E-state index is 0.0233. The minimum Gasteiger partial charge on any atom is -0.491 e. The Kier molecular flexibility index (Phi) is 15.7. The second kappa shape index (κ2) is 22.7. The zero-order chi connectivity index (χ0) is 52.3. The molecule has 3 aromatic heterocycles. The van der Waals surface area contributed by atoms with Gasteiger partial charge in [0.2, 0.25) is 12.0 Å². The van der Waals surface area contributed by atoms with Crippen LogP contribution in [-0.2, 0) is 27.3 Å². The maximum Gasteiger partial charge on any atom is 0.345 e. The molecule has 18 nitrogen and oxygen atoms in total. The van der Waals surface area contributed by atoms with Gasteiger partial charge in [0.05, 0.1) is 16.1 Å². The molecule has 11 rings (SSSR count). The zero-order valence-electron chi connectivity index (χ0n) is 41.0. The number of carboxylic acids is 1. The van der Waals surface area contributed by atoms with Gasteiger partial charge in [-0.3, -0.25) is 4.90 Å². The van der Waals surface area contributed by atoms with Crippen molar-refractivity contribution in [3.05, 3.63) is 125 Å². The number of aliphatic carboxylic acids is 1. The summed E-state index contributed by atoms with van der Waals surface area (Å²) in [5.74, 6) is 0.471. The highest BCUT2D eigenvalue weighted by Gasteiger charge is 2.44. The Bertz CT molecular complexity index is 3150. The van der Waals surface area contributed by atoms with Crippen LogP contribution in [0.1, 0.15) is 16.8 Å². The van der Waals surface area contributed by atoms with Gasteiger partial charge in [-0.1, -0.05) is 29.8 Å². The third kappa shape index (κ3) is 11.5. The van der Waals surface area contributed by atoms with Gasteiger partial charge in [-0.15, -0.1) is 11.3 Å². The fourth-order valence-corrected chi connectivity index (χ4v) is 10.6. The lowest BCUT2D eigenvalue weighted by atomic mass is 9.96. The lowest BCUT2D eigenvalue weighted by Gasteiger charge is -2.39. The lowest BCUT2D eigenvalue weighted by molar-refractivity contribution is -0.293. The van der Waals surface area contributed by atoms with Crippen LogP contribution in [0.15, 0.2) is 97.5 Å². The number of carbonyl (C=O) groups is 1. The number of thiophene rings is 1. The smallest absolute Gasteiger partial charge is 0.345 e. The minimum atomic E-state index is -1.49. The Morgan fingerprint density at radius 2 is 1.67 bits per heavy atom. The highest BCUT2D eigenvalue weighted by atomic mass is 35.5. The van der Waals surface area contributed by atoms with Crippen LogP contribution in [0.2, 0.25) is 5.02 Å². The van der Waals surface area contributed by atoms with Crippen molar-refractivity contribution in [3.8, 4) is 61.8 Å². The summed E-state index contributed by atoms with van der Waals surface area (Å²) in [6, 6.07) is 23.7. The van der Waals surface area contributed by atoms with E-state index in [1.54, 1.807) is 66.9 Å². The summed E-state index contributed by atoms with van der Waals surface area (Å²) in [5, 5.41) is 42.5. The molecule has 0 spiro atoms. The summed E-state index contributed by atoms with van der Waals surface area (Å²) >= 11 is 8.59. The maximum atomic E-state index is 14.3. The van der Waals surface area contributed by atoms with Crippen LogP contribution >= 0.6 is 22.9 Å². The number of aliphatic hydroxyl groups is 3. The first-order valence-electron chi connectivity index (χ1n) is 24.3. The zero-order valence-corrected chi connectivity index (χ0v) is 42.6. The van der Waals surface area contributed by atoms with Crippen LogP contribution < -0.4 is 23.7 Å². The van der Waals surface area contributed by atoms with E-state index in [0.29, 0.717) is 89.7 Å². The Balaban J connectivity index is 0.950. The van der Waals surface area contributed by atoms with E-state index in [1.165, 1.54) is 36.9 Å². The van der Waals surface area contributed by atoms with Crippen molar-refractivity contribution < 1.29 is 62.8 Å². The molecule has 21 heteroatoms. The molecule has 2 fully saturated rings. The van der Waals surface area contributed by atoms with Gasteiger partial charge in [-0.05, 0) is 97.4 Å². The Morgan fingerprint density at radius 3 is 2.43 bits per heavy atom. The van der Waals surface area contributed by atoms with Gasteiger partial charge in [-0.25, -0.2) is 29.1 Å². The number of halogens is 2. The number of hydrogen-bond acceptors (Lipinski definition) is 18. The van der Waals surface area contributed by atoms with E-state index in [-0.39, 0.29) is 32.1 Å². The number of carboxylic acid groups (broad SMARTS) is 1. The van der Waals surface area contributed by atoms with Crippen LogP contribution in [0.25, 0.3) is 43.2 Å². The molecule has 4 bridgehead atoms. The fourth-order valence-electron chi connectivity index (χ4n) is 9.25. The number of aliphatic hydroxyl groups excluding tert-OH is 3. The fraction of sp³-hybridized carbons (Fsp3) is 0.352. The number of nitrogens with zero attached hydrogens (tertiary/aromatic N) is 6. The molecule has 0 amide bonds. The van der Waals surface area contributed by atoms with Gasteiger partial charge >= 0.3 is 5.97 Å². The van der Waals surface area contributed by atoms with E-state index in [9.17, 15) is 29.6 Å². The lowest BCUT2D eigenvalue weighted by Crippen LogP contribution is -2.59. The van der Waals surface area contributed by atoms with E-state index in [1.807, 2.05) is 19.1 Å². The van der Waals surface area contributed by atoms with Crippen LogP contribution in [0, 0.1) is 12.7 Å². The van der Waals surface area contributed by atoms with E-state index in [4.69, 9.17) is 49.7 Å². The molecule has 7 atom stereocenters. The molecule has 4 aliphatic heterocycles. The van der Waals surface area contributed by atoms with Gasteiger partial charge in [0, 0.05) is 74.0 Å². The van der Waals surface area contributed by atoms with E-state index >= 15 is 0 Å². The average molecular weight is 1070 g/mol. The highest BCUT2D eigenvalue weighted by Crippen LogP contribution is 2.50. The third-order valence-corrected chi connectivity index (χ3v) is 15.1. The number of likely N-dealkylation sites (N-methyl/N-ethyl adjacent to an activating group) is 1. The highest BCUT2D eigenvalue weighted by molar-refractivity contribution is 7.22. The van der Waals surface area contributed by atoms with Crippen molar-refractivity contribution >= 4 is 39.1 Å². The van der Waals surface area contributed by atoms with Crippen molar-refractivity contribution in [1.29, 1.82) is 0 Å². The molecule has 2 saturated heterocycles. The first kappa shape index (κ1) is 51.9. The first-order chi connectivity index (χ1) is 36.3. The molecule has 4 N–H and O–H groups in total. The van der Waals surface area contributed by atoms with E-state index in [0.717, 1.165) is 31.1 Å². The van der Waals surface area contributed by atoms with E-state index < -0.39 is 54.7 Å². The standard InChI is InChI=1S/C54H54ClFN6O12S/c1-29-38-13-15-40(45(29)55)72-37(24-62-20-18-61(2)19-21-62)26-69-36-12-14-39(32(22-36)23-41(53(66)67)73-51-44-43(38)49(75-52(44)59-28-58-51)30-4-8-33(56)9-5-30)71-25-34-16-17-57-50(60-34)31-6-10-35(11-7-31)70-27-42-46(63)47(64)48(65)54(68-3)74-42/h4-17,22,28,37,41-42,46-48,54,63-65H,18-21,23-27H2,1-3H3,(H,66,67)/t37-,41-,42-,46-,47+,48+,54+/m1/s1. The molecular weight excluding hydrogens is 1010 g/mol. The summed E-state index contributed by atoms with van der Waals surface area (Å²) in [7, 11) is 3.42. The van der Waals surface area contributed by atoms with E-state index in [2.05, 4.69) is 31.8 Å². The summed E-state index contributed by atoms with van der Waals surface area (Å²) in [6.45, 7) is 5.89. The van der Waals surface area contributed by atoms with Gasteiger partial charge in [-0.2, -0.15) is 0 Å². The summed E-state index contributed by atoms with van der Waals surface area (Å²) < 4.78 is 57.0. The monoisotopic (exact) mass is 1060 g/mol. The summed E-state index contributed by atoms with van der Waals surface area (Å²) in [6.07, 6.45) is -5.60. The molecule has 7 heterocycles. The van der Waals surface area contributed by atoms with Gasteiger partial charge in [0.1, 0.15) is 90.3 Å². The second-order valence-corrected chi connectivity index (χ2v) is 19.9. The van der Waals surface area contributed by atoms with Crippen molar-refractivity contribution in [3.63, 3.8) is 0 Å². The van der Waals surface area contributed by atoms with Crippen LogP contribution in [0.4, 0.5) is 4.39 Å². The van der Waals surface area contributed by atoms with Crippen molar-refractivity contribution in [2.24, 2.45) is 0 Å². The second-order valence-electron chi connectivity index (χ2n) is 18.5. The SMILES string of the molecule is CO[C@H]1O[C@H](COc2ccc(-c3nccc(COc4ccc5cc4C[C@H](C(=O)O)Oc4ncnc6sc(-c7ccc(F)cc7)c(c46)-c4ccc(c(Cl)c4C)O[C@H](CN4CCN(C)CC4)CO5)n3)cc2)[C@@H](O)[C@H](O)[C@@H]1O. The van der Waals surface area contributed by atoms with Crippen molar-refractivity contribution in [1.82, 2.24) is 29.7 Å². The van der Waals surface area contributed by atoms with Crippen LogP contribution in [0.5, 0.6) is 28.9 Å². The van der Waals surface area contributed by atoms with Crippen LogP contribution in [0.3, 0.4) is 0 Å². The topological polar surface area (TPSA) is 221 Å². The molecule has 0 saturated carbocycles. The van der Waals surface area contributed by atoms with Gasteiger partial charge < -0.3 is 58.5 Å². The molecular formula is C54H54ClFN6O12S. The number of rotatable bonds is 12.